The summed E-state index contributed by atoms with van der Waals surface area (Å²) in [5, 5.41) is 0. The topological polar surface area (TPSA) is 0 Å². The van der Waals surface area contributed by atoms with Gasteiger partial charge in [0.25, 0.3) is 0 Å². The predicted molar refractivity (Wildman–Crippen MR) is 229 cm³/mol. The number of fused-ring (bicyclic) bond motifs is 3. The fourth-order valence-electron chi connectivity index (χ4n) is 7.19. The Hall–Kier alpha value is -4.45. The third-order valence-corrected chi connectivity index (χ3v) is 10.8. The summed E-state index contributed by atoms with van der Waals surface area (Å²) in [5.74, 6) is 0. The molecule has 0 unspecified atom stereocenters. The third kappa shape index (κ3) is 10.2. The van der Waals surface area contributed by atoms with Gasteiger partial charge in [-0.3, -0.25) is 6.08 Å². The molecule has 6 aromatic carbocycles. The van der Waals surface area contributed by atoms with Gasteiger partial charge in [0.2, 0.25) is 0 Å². The summed E-state index contributed by atoms with van der Waals surface area (Å²) >= 11 is 1.55. The van der Waals surface area contributed by atoms with Crippen molar-refractivity contribution < 1.29 is 24.2 Å². The first-order chi connectivity index (χ1) is 26.0. The Kier molecular flexibility index (Phi) is 12.9. The molecule has 0 atom stereocenters. The molecule has 0 aromatic heterocycles. The number of rotatable bonds is 6. The first kappa shape index (κ1) is 39.3. The fraction of sp³-hybridized carbons (Fsp3) is 0.226. The van der Waals surface area contributed by atoms with E-state index in [0.29, 0.717) is 0 Å². The van der Waals surface area contributed by atoms with Gasteiger partial charge in [0, 0.05) is 0 Å². The molecule has 2 aliphatic carbocycles. The predicted octanol–water partition coefficient (Wildman–Crippen LogP) is 13.5. The van der Waals surface area contributed by atoms with E-state index in [1.807, 2.05) is 12.2 Å². The fourth-order valence-corrected chi connectivity index (χ4v) is 8.19. The van der Waals surface area contributed by atoms with E-state index in [4.69, 9.17) is 0 Å². The van der Waals surface area contributed by atoms with Crippen molar-refractivity contribution in [2.24, 2.45) is 0 Å². The summed E-state index contributed by atoms with van der Waals surface area (Å²) in [4.78, 5) is 0. The van der Waals surface area contributed by atoms with Gasteiger partial charge in [-0.2, -0.15) is 6.08 Å². The van der Waals surface area contributed by atoms with Gasteiger partial charge in [-0.25, -0.2) is 12.2 Å². The number of hydrogen-bond acceptors (Lipinski definition) is 0. The zero-order valence-corrected chi connectivity index (χ0v) is 35.3. The Balaban J connectivity index is 0.000000195. The Bertz CT molecular complexity index is 2050. The van der Waals surface area contributed by atoms with Crippen LogP contribution < -0.4 is 0 Å². The van der Waals surface area contributed by atoms with Gasteiger partial charge in [0.05, 0.1) is 0 Å². The van der Waals surface area contributed by atoms with Crippen LogP contribution >= 0.6 is 0 Å². The van der Waals surface area contributed by atoms with Crippen molar-refractivity contribution in [3.8, 4) is 33.4 Å². The number of benzene rings is 6. The average molecular weight is 780 g/mol. The SMILES string of the molecule is CC(C)(C)c1cc2c([c-]c1-c1ccccc1)Cc1cc(-c3ccccc3)c(C(C)(C)C)cc1-2.[C-]1=CC=CC1.[Zr+2]=[C](Cc1ccccc1)Cc1ccccc1. The molecule has 0 saturated carbocycles. The van der Waals surface area contributed by atoms with Crippen LogP contribution in [0.3, 0.4) is 0 Å². The first-order valence-corrected chi connectivity index (χ1v) is 20.4. The average Bonchev–Trinajstić information content (AvgIpc) is 3.87. The normalized spacial score (nSPS) is 12.6. The van der Waals surface area contributed by atoms with Crippen molar-refractivity contribution in [2.75, 3.05) is 0 Å². The van der Waals surface area contributed by atoms with Crippen LogP contribution in [-0.4, -0.2) is 3.21 Å². The quantitative estimate of drug-likeness (QED) is 0.148. The van der Waals surface area contributed by atoms with Gasteiger partial charge >= 0.3 is 112 Å². The Morgan fingerprint density at radius 2 is 1.07 bits per heavy atom. The first-order valence-electron chi connectivity index (χ1n) is 19.2. The minimum absolute atomic E-state index is 0.0380. The second kappa shape index (κ2) is 17.8. The van der Waals surface area contributed by atoms with Crippen LogP contribution in [0.1, 0.15) is 81.3 Å². The van der Waals surface area contributed by atoms with E-state index < -0.39 is 0 Å². The molecule has 0 saturated heterocycles. The van der Waals surface area contributed by atoms with Crippen LogP contribution in [0.5, 0.6) is 0 Å². The van der Waals surface area contributed by atoms with Crippen LogP contribution in [0.15, 0.2) is 158 Å². The zero-order valence-electron chi connectivity index (χ0n) is 32.8. The minimum atomic E-state index is 0.0380. The van der Waals surface area contributed by atoms with Crippen molar-refractivity contribution in [3.63, 3.8) is 0 Å². The molecule has 0 N–H and O–H groups in total. The molecule has 8 rings (SSSR count). The summed E-state index contributed by atoms with van der Waals surface area (Å²) in [5.41, 5.74) is 16.3. The number of hydrogen-bond donors (Lipinski definition) is 0. The molecule has 0 fully saturated rings. The molecule has 0 bridgehead atoms. The van der Waals surface area contributed by atoms with Gasteiger partial charge in [0.1, 0.15) is 0 Å². The molecular formula is C53H52Zr. The van der Waals surface area contributed by atoms with Crippen molar-refractivity contribution in [1.29, 1.82) is 0 Å². The second-order valence-electron chi connectivity index (χ2n) is 16.3. The monoisotopic (exact) mass is 778 g/mol. The molecule has 268 valence electrons. The maximum absolute atomic E-state index is 3.88. The van der Waals surface area contributed by atoms with Crippen molar-refractivity contribution in [2.45, 2.75) is 78.1 Å². The van der Waals surface area contributed by atoms with Gasteiger partial charge in [-0.05, 0) is 39.5 Å². The van der Waals surface area contributed by atoms with Crippen molar-refractivity contribution in [3.05, 3.63) is 203 Å². The van der Waals surface area contributed by atoms with Crippen LogP contribution in [0, 0.1) is 12.1 Å². The molecule has 0 aliphatic heterocycles. The van der Waals surface area contributed by atoms with Crippen LogP contribution in [0.25, 0.3) is 33.4 Å². The van der Waals surface area contributed by atoms with E-state index in [1.165, 1.54) is 66.8 Å². The molecule has 6 aromatic rings. The molecule has 0 nitrogen and oxygen atoms in total. The summed E-state index contributed by atoms with van der Waals surface area (Å²) in [6.45, 7) is 13.9. The second-order valence-corrected chi connectivity index (χ2v) is 18.1. The molecular weight excluding hydrogens is 728 g/mol. The van der Waals surface area contributed by atoms with E-state index in [1.54, 1.807) is 27.4 Å². The van der Waals surface area contributed by atoms with Crippen LogP contribution in [0.2, 0.25) is 0 Å². The Morgan fingerprint density at radius 3 is 1.54 bits per heavy atom. The van der Waals surface area contributed by atoms with Gasteiger partial charge in [0.15, 0.2) is 0 Å². The third-order valence-electron chi connectivity index (χ3n) is 9.93. The van der Waals surface area contributed by atoms with Gasteiger partial charge in [-0.15, -0.1) is 35.2 Å². The molecule has 54 heavy (non-hydrogen) atoms. The molecule has 2 aliphatic rings. The van der Waals surface area contributed by atoms with E-state index in [0.717, 1.165) is 25.7 Å². The summed E-state index contributed by atoms with van der Waals surface area (Å²) in [7, 11) is 0. The molecule has 0 spiro atoms. The van der Waals surface area contributed by atoms with E-state index >= 15 is 0 Å². The van der Waals surface area contributed by atoms with Crippen LogP contribution in [-0.2, 0) is 54.3 Å². The molecule has 0 amide bonds. The van der Waals surface area contributed by atoms with E-state index in [2.05, 4.69) is 199 Å². The Labute approximate surface area is 340 Å². The van der Waals surface area contributed by atoms with E-state index in [9.17, 15) is 0 Å². The van der Waals surface area contributed by atoms with Crippen LogP contribution in [0.4, 0.5) is 0 Å². The van der Waals surface area contributed by atoms with Gasteiger partial charge < -0.3 is 0 Å². The van der Waals surface area contributed by atoms with Gasteiger partial charge in [-0.1, -0.05) is 131 Å². The summed E-state index contributed by atoms with van der Waals surface area (Å²) < 4.78 is 1.60. The standard InChI is InChI=1S/C33H33.C15H14.C5H5.Zr/c1-32(2,3)30-20-26-24(18-28(30)22-13-9-7-10-14-22)17-25-19-29(23-15-11-8-12-16-23)31(21-27(25)26)33(4,5)6;1-3-8-14(9-4-1)12-7-13-15-10-5-2-6-11-15;1-2-4-5-3-1;/h7-16,18,20-21H,17H2,1-6H3;1-6,8-11H,12-13H2;1-3H,4H2;/q-1;;-1;+2. The molecule has 0 heterocycles. The van der Waals surface area contributed by atoms with Crippen molar-refractivity contribution in [1.82, 2.24) is 0 Å². The zero-order chi connectivity index (χ0) is 38.1. The summed E-state index contributed by atoms with van der Waals surface area (Å²) in [6, 6.07) is 54.2. The maximum atomic E-state index is 3.88. The summed E-state index contributed by atoms with van der Waals surface area (Å²) in [6.07, 6.45) is 13.2. The van der Waals surface area contributed by atoms with Crippen molar-refractivity contribution >= 4 is 3.21 Å². The molecule has 0 radical (unpaired) electrons. The van der Waals surface area contributed by atoms with E-state index in [-0.39, 0.29) is 10.8 Å². The Morgan fingerprint density at radius 1 is 0.574 bits per heavy atom. The molecule has 1 heteroatoms. The number of allylic oxidation sites excluding steroid dienone is 4.